The largest absolute Gasteiger partial charge is 0.444 e. The minimum absolute atomic E-state index is 0.224. The van der Waals surface area contributed by atoms with E-state index in [1.54, 1.807) is 4.90 Å². The van der Waals surface area contributed by atoms with Crippen LogP contribution < -0.4 is 5.32 Å². The zero-order valence-electron chi connectivity index (χ0n) is 12.4. The molecule has 1 aromatic carbocycles. The Balaban J connectivity index is 1.85. The molecule has 5 heteroatoms. The summed E-state index contributed by atoms with van der Waals surface area (Å²) in [5.41, 5.74) is 1.62. The van der Waals surface area contributed by atoms with Crippen LogP contribution in [0.5, 0.6) is 0 Å². The summed E-state index contributed by atoms with van der Waals surface area (Å²) in [6.45, 7) is 8.90. The summed E-state index contributed by atoms with van der Waals surface area (Å²) in [5, 5.41) is 4.05. The van der Waals surface area contributed by atoms with Gasteiger partial charge in [0.2, 0.25) is 0 Å². The Hall–Kier alpha value is -1.42. The van der Waals surface area contributed by atoms with Crippen LogP contribution >= 0.6 is 11.6 Å². The van der Waals surface area contributed by atoms with Crippen molar-refractivity contribution in [2.24, 2.45) is 0 Å². The van der Waals surface area contributed by atoms with Crippen molar-refractivity contribution in [1.29, 1.82) is 0 Å². The van der Waals surface area contributed by atoms with Crippen molar-refractivity contribution in [3.05, 3.63) is 28.8 Å². The zero-order chi connectivity index (χ0) is 14.9. The summed E-state index contributed by atoms with van der Waals surface area (Å²) in [5.74, 6) is 0. The van der Waals surface area contributed by atoms with Crippen LogP contribution in [0.1, 0.15) is 26.3 Å². The number of rotatable bonds is 2. The highest BCUT2D eigenvalue weighted by molar-refractivity contribution is 6.33. The minimum Gasteiger partial charge on any atom is -0.444 e. The van der Waals surface area contributed by atoms with E-state index in [9.17, 15) is 4.79 Å². The Morgan fingerprint density at radius 1 is 1.40 bits per heavy atom. The molecule has 1 aromatic rings. The number of anilines is 1. The summed E-state index contributed by atoms with van der Waals surface area (Å²) < 4.78 is 5.32. The SMILES string of the molecule is Cc1ccc(Cl)c(NC2CN(C(=O)OC(C)(C)C)C2)c1. The van der Waals surface area contributed by atoms with E-state index < -0.39 is 5.60 Å². The maximum absolute atomic E-state index is 11.8. The van der Waals surface area contributed by atoms with Crippen LogP contribution in [0.25, 0.3) is 0 Å². The topological polar surface area (TPSA) is 41.6 Å². The molecule has 4 nitrogen and oxygen atoms in total. The highest BCUT2D eigenvalue weighted by Crippen LogP contribution is 2.25. The van der Waals surface area contributed by atoms with Crippen molar-refractivity contribution in [3.63, 3.8) is 0 Å². The number of carbonyl (C=O) groups excluding carboxylic acids is 1. The summed E-state index contributed by atoms with van der Waals surface area (Å²) in [6.07, 6.45) is -0.258. The van der Waals surface area contributed by atoms with Crippen molar-refractivity contribution in [1.82, 2.24) is 4.90 Å². The molecule has 1 amide bonds. The first-order valence-corrected chi connectivity index (χ1v) is 7.13. The fraction of sp³-hybridized carbons (Fsp3) is 0.533. The first-order chi connectivity index (χ1) is 9.24. The lowest BCUT2D eigenvalue weighted by molar-refractivity contribution is 0.0105. The first kappa shape index (κ1) is 15.0. The molecule has 1 N–H and O–H groups in total. The molecule has 1 aliphatic heterocycles. The van der Waals surface area contributed by atoms with E-state index >= 15 is 0 Å². The standard InChI is InChI=1S/C15H21ClN2O2/c1-10-5-6-12(16)13(7-10)17-11-8-18(9-11)14(19)20-15(2,3)4/h5-7,11,17H,8-9H2,1-4H3. The smallest absolute Gasteiger partial charge is 0.410 e. The molecule has 0 atom stereocenters. The van der Waals surface area contributed by atoms with Gasteiger partial charge < -0.3 is 15.0 Å². The quantitative estimate of drug-likeness (QED) is 0.905. The van der Waals surface area contributed by atoms with E-state index in [4.69, 9.17) is 16.3 Å². The predicted octanol–water partition coefficient (Wildman–Crippen LogP) is 3.68. The molecule has 2 rings (SSSR count). The van der Waals surface area contributed by atoms with Gasteiger partial charge in [-0.2, -0.15) is 0 Å². The van der Waals surface area contributed by atoms with Crippen molar-refractivity contribution in [2.45, 2.75) is 39.3 Å². The maximum atomic E-state index is 11.8. The highest BCUT2D eigenvalue weighted by Gasteiger charge is 2.33. The lowest BCUT2D eigenvalue weighted by atomic mass is 10.1. The fourth-order valence-corrected chi connectivity index (χ4v) is 2.19. The number of ether oxygens (including phenoxy) is 1. The van der Waals surface area contributed by atoms with Crippen LogP contribution in [0, 0.1) is 6.92 Å². The molecule has 1 heterocycles. The monoisotopic (exact) mass is 296 g/mol. The normalized spacial score (nSPS) is 15.8. The number of amides is 1. The zero-order valence-corrected chi connectivity index (χ0v) is 13.1. The van der Waals surface area contributed by atoms with Gasteiger partial charge in [0.25, 0.3) is 0 Å². The molecule has 0 bridgehead atoms. The molecule has 1 aliphatic rings. The number of benzene rings is 1. The van der Waals surface area contributed by atoms with Crippen LogP contribution in [0.3, 0.4) is 0 Å². The molecular formula is C15H21ClN2O2. The molecule has 0 radical (unpaired) electrons. The minimum atomic E-state index is -0.449. The van der Waals surface area contributed by atoms with E-state index in [-0.39, 0.29) is 12.1 Å². The molecule has 1 fully saturated rings. The van der Waals surface area contributed by atoms with Gasteiger partial charge in [0, 0.05) is 13.1 Å². The van der Waals surface area contributed by atoms with Crippen molar-refractivity contribution < 1.29 is 9.53 Å². The predicted molar refractivity (Wildman–Crippen MR) is 81.4 cm³/mol. The summed E-state index contributed by atoms with van der Waals surface area (Å²) in [4.78, 5) is 13.5. The average molecular weight is 297 g/mol. The third-order valence-corrected chi connectivity index (χ3v) is 3.34. The van der Waals surface area contributed by atoms with Gasteiger partial charge in [0.1, 0.15) is 5.60 Å². The van der Waals surface area contributed by atoms with Gasteiger partial charge in [0.15, 0.2) is 0 Å². The second-order valence-corrected chi connectivity index (χ2v) is 6.62. The first-order valence-electron chi connectivity index (χ1n) is 6.75. The Kier molecular flexibility index (Phi) is 4.14. The lowest BCUT2D eigenvalue weighted by Crippen LogP contribution is -2.57. The van der Waals surface area contributed by atoms with Gasteiger partial charge in [-0.3, -0.25) is 0 Å². The van der Waals surface area contributed by atoms with Crippen LogP contribution in [0.15, 0.2) is 18.2 Å². The number of halogens is 1. The van der Waals surface area contributed by atoms with Crippen LogP contribution in [-0.2, 0) is 4.74 Å². The van der Waals surface area contributed by atoms with Crippen molar-refractivity contribution >= 4 is 23.4 Å². The Morgan fingerprint density at radius 3 is 2.65 bits per heavy atom. The summed E-state index contributed by atoms with van der Waals surface area (Å²) in [7, 11) is 0. The third-order valence-electron chi connectivity index (χ3n) is 3.01. The maximum Gasteiger partial charge on any atom is 0.410 e. The number of carbonyl (C=O) groups is 1. The molecule has 110 valence electrons. The van der Waals surface area contributed by atoms with Crippen LogP contribution in [0.4, 0.5) is 10.5 Å². The molecule has 0 aliphatic carbocycles. The number of hydrogen-bond acceptors (Lipinski definition) is 3. The van der Waals surface area contributed by atoms with Gasteiger partial charge in [-0.25, -0.2) is 4.79 Å². The van der Waals surface area contributed by atoms with E-state index in [1.807, 2.05) is 45.9 Å². The van der Waals surface area contributed by atoms with E-state index in [0.29, 0.717) is 18.1 Å². The van der Waals surface area contributed by atoms with Crippen LogP contribution in [-0.4, -0.2) is 35.7 Å². The molecule has 1 saturated heterocycles. The summed E-state index contributed by atoms with van der Waals surface area (Å²) in [6, 6.07) is 6.09. The Bertz CT molecular complexity index is 505. The molecule has 20 heavy (non-hydrogen) atoms. The lowest BCUT2D eigenvalue weighted by Gasteiger charge is -2.40. The molecule has 0 unspecified atom stereocenters. The highest BCUT2D eigenvalue weighted by atomic mass is 35.5. The van der Waals surface area contributed by atoms with E-state index in [1.165, 1.54) is 0 Å². The Labute approximate surface area is 125 Å². The van der Waals surface area contributed by atoms with Gasteiger partial charge in [-0.1, -0.05) is 17.7 Å². The second-order valence-electron chi connectivity index (χ2n) is 6.21. The second kappa shape index (κ2) is 5.52. The molecule has 0 aromatic heterocycles. The Morgan fingerprint density at radius 2 is 2.05 bits per heavy atom. The number of aryl methyl sites for hydroxylation is 1. The number of hydrogen-bond donors (Lipinski definition) is 1. The van der Waals surface area contributed by atoms with Gasteiger partial charge in [-0.05, 0) is 45.4 Å². The summed E-state index contributed by atoms with van der Waals surface area (Å²) >= 11 is 6.14. The van der Waals surface area contributed by atoms with Gasteiger partial charge >= 0.3 is 6.09 Å². The van der Waals surface area contributed by atoms with Crippen LogP contribution in [0.2, 0.25) is 5.02 Å². The van der Waals surface area contributed by atoms with Gasteiger partial charge in [0.05, 0.1) is 16.8 Å². The van der Waals surface area contributed by atoms with Crippen molar-refractivity contribution in [3.8, 4) is 0 Å². The average Bonchev–Trinajstić information content (AvgIpc) is 2.24. The number of nitrogens with one attached hydrogen (secondary N) is 1. The fourth-order valence-electron chi connectivity index (χ4n) is 2.02. The molecule has 0 saturated carbocycles. The number of nitrogens with zero attached hydrogens (tertiary/aromatic N) is 1. The molecular weight excluding hydrogens is 276 g/mol. The molecule has 0 spiro atoms. The van der Waals surface area contributed by atoms with E-state index in [2.05, 4.69) is 5.32 Å². The number of likely N-dealkylation sites (tertiary alicyclic amines) is 1. The van der Waals surface area contributed by atoms with Crippen molar-refractivity contribution in [2.75, 3.05) is 18.4 Å². The van der Waals surface area contributed by atoms with Gasteiger partial charge in [-0.15, -0.1) is 0 Å². The third kappa shape index (κ3) is 3.79. The van der Waals surface area contributed by atoms with E-state index in [0.717, 1.165) is 11.3 Å².